The van der Waals surface area contributed by atoms with E-state index in [9.17, 15) is 23.1 Å². The number of piperidine rings is 1. The van der Waals surface area contributed by atoms with Gasteiger partial charge in [0.05, 0.1) is 17.5 Å². The molecule has 6 heteroatoms. The Bertz CT molecular complexity index is 1060. The van der Waals surface area contributed by atoms with E-state index in [0.29, 0.717) is 24.9 Å². The van der Waals surface area contributed by atoms with Crippen LogP contribution < -0.4 is 0 Å². The zero-order valence-corrected chi connectivity index (χ0v) is 17.4. The molecule has 1 N–H and O–H groups in total. The molecule has 0 saturated carbocycles. The number of alkyl halides is 3. The largest absolute Gasteiger partial charge is 0.481 e. The molecule has 4 rings (SSSR count). The predicted octanol–water partition coefficient (Wildman–Crippen LogP) is 6.26. The summed E-state index contributed by atoms with van der Waals surface area (Å²) in [6.45, 7) is 0.758. The number of carbonyl (C=O) groups is 1. The van der Waals surface area contributed by atoms with Gasteiger partial charge in [0.1, 0.15) is 0 Å². The first-order valence-corrected chi connectivity index (χ1v) is 10.6. The third kappa shape index (κ3) is 4.70. The quantitative estimate of drug-likeness (QED) is 0.510. The number of hydrogen-bond acceptors (Lipinski definition) is 2. The summed E-state index contributed by atoms with van der Waals surface area (Å²) in [5.74, 6) is -1.50. The van der Waals surface area contributed by atoms with E-state index in [1.165, 1.54) is 12.1 Å². The summed E-state index contributed by atoms with van der Waals surface area (Å²) >= 11 is 0. The van der Waals surface area contributed by atoms with Crippen LogP contribution in [0.5, 0.6) is 0 Å². The van der Waals surface area contributed by atoms with Gasteiger partial charge in [0, 0.05) is 6.54 Å². The molecule has 0 aliphatic carbocycles. The first kappa shape index (κ1) is 22.1. The van der Waals surface area contributed by atoms with Gasteiger partial charge in [0.2, 0.25) is 0 Å². The average molecular weight is 439 g/mol. The molecule has 1 aliphatic rings. The van der Waals surface area contributed by atoms with E-state index in [1.807, 2.05) is 59.5 Å². The van der Waals surface area contributed by atoms with Gasteiger partial charge in [0.15, 0.2) is 0 Å². The fourth-order valence-electron chi connectivity index (χ4n) is 4.51. The van der Waals surface area contributed by atoms with Crippen LogP contribution in [0, 0.1) is 5.92 Å². The van der Waals surface area contributed by atoms with Gasteiger partial charge in [0.25, 0.3) is 0 Å². The summed E-state index contributed by atoms with van der Waals surface area (Å²) in [6.07, 6.45) is -3.34. The molecule has 2 atom stereocenters. The fourth-order valence-corrected chi connectivity index (χ4v) is 4.51. The van der Waals surface area contributed by atoms with Crippen LogP contribution in [0.2, 0.25) is 0 Å². The summed E-state index contributed by atoms with van der Waals surface area (Å²) in [5, 5.41) is 9.52. The summed E-state index contributed by atoms with van der Waals surface area (Å²) in [5.41, 5.74) is 2.18. The zero-order valence-electron chi connectivity index (χ0n) is 17.4. The number of halogens is 3. The minimum Gasteiger partial charge on any atom is -0.481 e. The van der Waals surface area contributed by atoms with Crippen LogP contribution in [0.4, 0.5) is 13.2 Å². The van der Waals surface area contributed by atoms with Gasteiger partial charge in [-0.2, -0.15) is 13.2 Å². The number of benzene rings is 3. The Labute approximate surface area is 185 Å². The lowest BCUT2D eigenvalue weighted by atomic mass is 9.88. The number of aliphatic carboxylic acids is 1. The van der Waals surface area contributed by atoms with Crippen molar-refractivity contribution in [2.24, 2.45) is 5.92 Å². The van der Waals surface area contributed by atoms with Gasteiger partial charge in [-0.3, -0.25) is 9.69 Å². The number of likely N-dealkylation sites (tertiary alicyclic amines) is 1. The van der Waals surface area contributed by atoms with Gasteiger partial charge in [-0.1, -0.05) is 72.8 Å². The lowest BCUT2D eigenvalue weighted by molar-refractivity contribution is -0.144. The smallest absolute Gasteiger partial charge is 0.416 e. The molecule has 1 saturated heterocycles. The standard InChI is InChI=1S/C26H24F3NO2/c27-26(28,29)23-11-5-4-10-22(23)24(30-16-6-9-21(17-30)25(31)32)20-14-12-19(13-15-20)18-7-2-1-3-8-18/h1-5,7-8,10-15,21,24H,6,9,16-17H2,(H,31,32). The average Bonchev–Trinajstić information content (AvgIpc) is 2.80. The van der Waals surface area contributed by atoms with E-state index in [-0.39, 0.29) is 12.1 Å². The highest BCUT2D eigenvalue weighted by Crippen LogP contribution is 2.40. The van der Waals surface area contributed by atoms with Gasteiger partial charge in [-0.25, -0.2) is 0 Å². The molecule has 166 valence electrons. The first-order chi connectivity index (χ1) is 15.3. The second kappa shape index (κ2) is 9.17. The molecular formula is C26H24F3NO2. The summed E-state index contributed by atoms with van der Waals surface area (Å²) in [7, 11) is 0. The highest BCUT2D eigenvalue weighted by molar-refractivity contribution is 5.70. The van der Waals surface area contributed by atoms with E-state index in [0.717, 1.165) is 17.2 Å². The van der Waals surface area contributed by atoms with Crippen molar-refractivity contribution in [3.8, 4) is 11.1 Å². The highest BCUT2D eigenvalue weighted by atomic mass is 19.4. The highest BCUT2D eigenvalue weighted by Gasteiger charge is 2.38. The van der Waals surface area contributed by atoms with E-state index >= 15 is 0 Å². The zero-order chi connectivity index (χ0) is 22.7. The van der Waals surface area contributed by atoms with Crippen molar-refractivity contribution in [3.05, 3.63) is 95.6 Å². The molecule has 3 aromatic rings. The van der Waals surface area contributed by atoms with Crippen molar-refractivity contribution in [2.75, 3.05) is 13.1 Å². The van der Waals surface area contributed by atoms with E-state index in [1.54, 1.807) is 6.07 Å². The molecule has 0 aromatic heterocycles. The van der Waals surface area contributed by atoms with Crippen LogP contribution in [-0.4, -0.2) is 29.1 Å². The predicted molar refractivity (Wildman–Crippen MR) is 117 cm³/mol. The molecule has 0 amide bonds. The minimum atomic E-state index is -4.50. The molecule has 3 aromatic carbocycles. The second-order valence-electron chi connectivity index (χ2n) is 8.15. The maximum atomic E-state index is 13.9. The van der Waals surface area contributed by atoms with Crippen LogP contribution in [0.25, 0.3) is 11.1 Å². The lowest BCUT2D eigenvalue weighted by Gasteiger charge is -2.38. The monoisotopic (exact) mass is 439 g/mol. The molecule has 0 spiro atoms. The number of nitrogens with zero attached hydrogens (tertiary/aromatic N) is 1. The van der Waals surface area contributed by atoms with Crippen molar-refractivity contribution in [3.63, 3.8) is 0 Å². The molecule has 1 heterocycles. The topological polar surface area (TPSA) is 40.5 Å². The Kier molecular flexibility index (Phi) is 6.33. The lowest BCUT2D eigenvalue weighted by Crippen LogP contribution is -2.41. The maximum absolute atomic E-state index is 13.9. The van der Waals surface area contributed by atoms with E-state index in [2.05, 4.69) is 0 Å². The number of rotatable bonds is 5. The van der Waals surface area contributed by atoms with Crippen molar-refractivity contribution < 1.29 is 23.1 Å². The molecular weight excluding hydrogens is 415 g/mol. The van der Waals surface area contributed by atoms with Crippen LogP contribution in [0.1, 0.15) is 35.6 Å². The Hall–Kier alpha value is -3.12. The van der Waals surface area contributed by atoms with Gasteiger partial charge in [-0.15, -0.1) is 0 Å². The van der Waals surface area contributed by atoms with Crippen LogP contribution in [0.3, 0.4) is 0 Å². The number of carboxylic acid groups (broad SMARTS) is 1. The van der Waals surface area contributed by atoms with Crippen molar-refractivity contribution in [1.82, 2.24) is 4.90 Å². The summed E-state index contributed by atoms with van der Waals surface area (Å²) < 4.78 is 41.6. The van der Waals surface area contributed by atoms with Gasteiger partial charge in [-0.05, 0) is 47.7 Å². The first-order valence-electron chi connectivity index (χ1n) is 10.6. The van der Waals surface area contributed by atoms with Gasteiger partial charge >= 0.3 is 12.1 Å². The Morgan fingerprint density at radius 3 is 2.19 bits per heavy atom. The molecule has 0 radical (unpaired) electrons. The van der Waals surface area contributed by atoms with Crippen LogP contribution >= 0.6 is 0 Å². The molecule has 32 heavy (non-hydrogen) atoms. The Morgan fingerprint density at radius 2 is 1.53 bits per heavy atom. The number of carboxylic acids is 1. The van der Waals surface area contributed by atoms with E-state index in [4.69, 9.17) is 0 Å². The Balaban J connectivity index is 1.78. The second-order valence-corrected chi connectivity index (χ2v) is 8.15. The summed E-state index contributed by atoms with van der Waals surface area (Å²) in [6, 6.07) is 22.2. The van der Waals surface area contributed by atoms with Gasteiger partial charge < -0.3 is 5.11 Å². The minimum absolute atomic E-state index is 0.151. The van der Waals surface area contributed by atoms with Crippen LogP contribution in [0.15, 0.2) is 78.9 Å². The maximum Gasteiger partial charge on any atom is 0.416 e. The number of hydrogen-bond donors (Lipinski definition) is 1. The van der Waals surface area contributed by atoms with Crippen LogP contribution in [-0.2, 0) is 11.0 Å². The van der Waals surface area contributed by atoms with Crippen molar-refractivity contribution >= 4 is 5.97 Å². The fraction of sp³-hybridized carbons (Fsp3) is 0.269. The van der Waals surface area contributed by atoms with E-state index < -0.39 is 29.7 Å². The molecule has 2 unspecified atom stereocenters. The molecule has 1 aliphatic heterocycles. The third-order valence-corrected chi connectivity index (χ3v) is 6.06. The molecule has 1 fully saturated rings. The molecule has 0 bridgehead atoms. The SMILES string of the molecule is O=C(O)C1CCCN(C(c2ccc(-c3ccccc3)cc2)c2ccccc2C(F)(F)F)C1. The van der Waals surface area contributed by atoms with Crippen molar-refractivity contribution in [2.45, 2.75) is 25.1 Å². The Morgan fingerprint density at radius 1 is 0.906 bits per heavy atom. The summed E-state index contributed by atoms with van der Waals surface area (Å²) in [4.78, 5) is 13.5. The third-order valence-electron chi connectivity index (χ3n) is 6.06. The molecule has 3 nitrogen and oxygen atoms in total. The normalized spacial score (nSPS) is 18.3. The van der Waals surface area contributed by atoms with Crippen molar-refractivity contribution in [1.29, 1.82) is 0 Å².